The highest BCUT2D eigenvalue weighted by molar-refractivity contribution is 5.29. The highest BCUT2D eigenvalue weighted by Crippen LogP contribution is 2.35. The first-order chi connectivity index (χ1) is 8.35. The molecule has 0 saturated heterocycles. The minimum absolute atomic E-state index is 0.149. The van der Waals surface area contributed by atoms with Crippen LogP contribution in [0.15, 0.2) is 6.20 Å². The summed E-state index contributed by atoms with van der Waals surface area (Å²) in [5, 5.41) is 14.8. The van der Waals surface area contributed by atoms with Gasteiger partial charge in [0.05, 0.1) is 18.9 Å². The van der Waals surface area contributed by atoms with E-state index in [1.54, 1.807) is 18.0 Å². The maximum atomic E-state index is 10.5. The number of hydrogen-bond donors (Lipinski definition) is 1. The first-order valence-electron chi connectivity index (χ1n) is 6.28. The average Bonchev–Trinajstić information content (AvgIpc) is 2.71. The molecule has 1 unspecified atom stereocenters. The summed E-state index contributed by atoms with van der Waals surface area (Å²) in [6.07, 6.45) is 0.831. The smallest absolute Gasteiger partial charge is 0.162 e. The summed E-state index contributed by atoms with van der Waals surface area (Å²) >= 11 is 0. The van der Waals surface area contributed by atoms with Crippen LogP contribution in [-0.4, -0.2) is 34.2 Å². The molecule has 18 heavy (non-hydrogen) atoms. The normalized spacial score (nSPS) is 14.0. The van der Waals surface area contributed by atoms with Crippen LogP contribution in [0.3, 0.4) is 0 Å². The van der Waals surface area contributed by atoms with E-state index in [1.807, 2.05) is 34.6 Å². The van der Waals surface area contributed by atoms with Gasteiger partial charge in [-0.3, -0.25) is 4.68 Å². The number of aromatic nitrogens is 2. The molecule has 1 N–H and O–H groups in total. The monoisotopic (exact) mass is 256 g/mol. The molecule has 0 aliphatic rings. The van der Waals surface area contributed by atoms with Crippen molar-refractivity contribution in [2.45, 2.75) is 52.4 Å². The second-order valence-corrected chi connectivity index (χ2v) is 5.08. The summed E-state index contributed by atoms with van der Waals surface area (Å²) in [4.78, 5) is 0. The van der Waals surface area contributed by atoms with Gasteiger partial charge >= 0.3 is 0 Å². The van der Waals surface area contributed by atoms with Crippen molar-refractivity contribution in [3.8, 4) is 5.75 Å². The molecule has 0 aliphatic carbocycles. The second kappa shape index (κ2) is 5.71. The molecule has 104 valence electrons. The van der Waals surface area contributed by atoms with Crippen LogP contribution in [-0.2, 0) is 4.74 Å². The molecular formula is C13H24N2O3. The van der Waals surface area contributed by atoms with E-state index in [0.29, 0.717) is 18.1 Å². The molecular weight excluding hydrogens is 232 g/mol. The second-order valence-electron chi connectivity index (χ2n) is 5.08. The summed E-state index contributed by atoms with van der Waals surface area (Å²) in [6, 6.07) is 0.149. The van der Waals surface area contributed by atoms with Crippen LogP contribution < -0.4 is 4.74 Å². The predicted molar refractivity (Wildman–Crippen MR) is 69.8 cm³/mol. The number of methoxy groups -OCH3 is 1. The molecule has 0 saturated carbocycles. The van der Waals surface area contributed by atoms with Gasteiger partial charge in [-0.05, 0) is 34.6 Å². The Morgan fingerprint density at radius 2 is 2.06 bits per heavy atom. The van der Waals surface area contributed by atoms with Gasteiger partial charge in [0.15, 0.2) is 5.75 Å². The van der Waals surface area contributed by atoms with Crippen molar-refractivity contribution in [1.82, 2.24) is 9.78 Å². The van der Waals surface area contributed by atoms with Gasteiger partial charge in [-0.25, -0.2) is 0 Å². The summed E-state index contributed by atoms with van der Waals surface area (Å²) in [7, 11) is 1.57. The van der Waals surface area contributed by atoms with E-state index in [4.69, 9.17) is 9.47 Å². The van der Waals surface area contributed by atoms with Gasteiger partial charge < -0.3 is 14.6 Å². The average molecular weight is 256 g/mol. The Hall–Kier alpha value is -1.07. The summed E-state index contributed by atoms with van der Waals surface area (Å²) < 4.78 is 12.6. The largest absolute Gasteiger partial charge is 0.493 e. The lowest BCUT2D eigenvalue weighted by molar-refractivity contribution is -0.102. The van der Waals surface area contributed by atoms with Crippen molar-refractivity contribution in [2.24, 2.45) is 0 Å². The van der Waals surface area contributed by atoms with Gasteiger partial charge in [-0.2, -0.15) is 5.10 Å². The van der Waals surface area contributed by atoms with Crippen molar-refractivity contribution in [2.75, 3.05) is 13.7 Å². The van der Waals surface area contributed by atoms with Crippen molar-refractivity contribution in [3.63, 3.8) is 0 Å². The molecule has 5 nitrogen and oxygen atoms in total. The number of aliphatic hydroxyl groups excluding tert-OH is 1. The minimum Gasteiger partial charge on any atom is -0.493 e. The maximum absolute atomic E-state index is 10.5. The summed E-state index contributed by atoms with van der Waals surface area (Å²) in [5.74, 6) is 0.587. The topological polar surface area (TPSA) is 56.5 Å². The van der Waals surface area contributed by atoms with E-state index in [-0.39, 0.29) is 6.04 Å². The van der Waals surface area contributed by atoms with E-state index >= 15 is 0 Å². The SMILES string of the molecule is CCOC(C)(C)C(O)c1c(OC)cnn1C(C)C. The summed E-state index contributed by atoms with van der Waals surface area (Å²) in [5.41, 5.74) is -0.0275. The Balaban J connectivity index is 3.17. The summed E-state index contributed by atoms with van der Waals surface area (Å²) in [6.45, 7) is 10.2. The third-order valence-electron chi connectivity index (χ3n) is 2.94. The molecule has 1 aromatic heterocycles. The zero-order valence-corrected chi connectivity index (χ0v) is 12.1. The predicted octanol–water partition coefficient (Wildman–Crippen LogP) is 2.32. The molecule has 0 bridgehead atoms. The Morgan fingerprint density at radius 1 is 1.44 bits per heavy atom. The molecule has 1 heterocycles. The Labute approximate surface area is 109 Å². The van der Waals surface area contributed by atoms with Crippen molar-refractivity contribution >= 4 is 0 Å². The van der Waals surface area contributed by atoms with Gasteiger partial charge in [0.1, 0.15) is 11.8 Å². The number of rotatable bonds is 6. The molecule has 0 aliphatic heterocycles. The zero-order valence-electron chi connectivity index (χ0n) is 12.1. The van der Waals surface area contributed by atoms with Crippen LogP contribution in [0, 0.1) is 0 Å². The van der Waals surface area contributed by atoms with Crippen molar-refractivity contribution in [1.29, 1.82) is 0 Å². The molecule has 0 aromatic carbocycles. The van der Waals surface area contributed by atoms with E-state index in [1.165, 1.54) is 0 Å². The highest BCUT2D eigenvalue weighted by Gasteiger charge is 2.35. The van der Waals surface area contributed by atoms with E-state index < -0.39 is 11.7 Å². The molecule has 1 atom stereocenters. The van der Waals surface area contributed by atoms with E-state index in [0.717, 1.165) is 0 Å². The first-order valence-corrected chi connectivity index (χ1v) is 6.28. The van der Waals surface area contributed by atoms with Gasteiger partial charge in [0.2, 0.25) is 0 Å². The van der Waals surface area contributed by atoms with Gasteiger partial charge in [-0.1, -0.05) is 0 Å². The highest BCUT2D eigenvalue weighted by atomic mass is 16.5. The fourth-order valence-electron chi connectivity index (χ4n) is 1.96. The van der Waals surface area contributed by atoms with Gasteiger partial charge in [0.25, 0.3) is 0 Å². The fraction of sp³-hybridized carbons (Fsp3) is 0.769. The Bertz CT molecular complexity index is 386. The van der Waals surface area contributed by atoms with Crippen molar-refractivity contribution < 1.29 is 14.6 Å². The molecule has 1 aromatic rings. The van der Waals surface area contributed by atoms with E-state index in [9.17, 15) is 5.11 Å². The third kappa shape index (κ3) is 2.84. The molecule has 0 amide bonds. The lowest BCUT2D eigenvalue weighted by atomic mass is 9.97. The fourth-order valence-corrected chi connectivity index (χ4v) is 1.96. The zero-order chi connectivity index (χ0) is 13.9. The van der Waals surface area contributed by atoms with Crippen LogP contribution in [0.25, 0.3) is 0 Å². The molecule has 0 radical (unpaired) electrons. The Kier molecular flexibility index (Phi) is 4.76. The van der Waals surface area contributed by atoms with Crippen LogP contribution in [0.4, 0.5) is 0 Å². The maximum Gasteiger partial charge on any atom is 0.162 e. The van der Waals surface area contributed by atoms with Crippen LogP contribution in [0.5, 0.6) is 5.75 Å². The van der Waals surface area contributed by atoms with Gasteiger partial charge in [-0.15, -0.1) is 0 Å². The first kappa shape index (κ1) is 15.0. The number of ether oxygens (including phenoxy) is 2. The molecule has 0 fully saturated rings. The molecule has 5 heteroatoms. The van der Waals surface area contributed by atoms with Crippen molar-refractivity contribution in [3.05, 3.63) is 11.9 Å². The minimum atomic E-state index is -0.794. The molecule has 1 rings (SSSR count). The Morgan fingerprint density at radius 3 is 2.50 bits per heavy atom. The number of hydrogen-bond acceptors (Lipinski definition) is 4. The third-order valence-corrected chi connectivity index (χ3v) is 2.94. The van der Waals surface area contributed by atoms with Crippen LogP contribution in [0.2, 0.25) is 0 Å². The van der Waals surface area contributed by atoms with E-state index in [2.05, 4.69) is 5.10 Å². The van der Waals surface area contributed by atoms with Gasteiger partial charge in [0, 0.05) is 12.6 Å². The van der Waals surface area contributed by atoms with Crippen LogP contribution in [0.1, 0.15) is 52.5 Å². The number of aliphatic hydroxyl groups is 1. The quantitative estimate of drug-likeness (QED) is 0.848. The lowest BCUT2D eigenvalue weighted by Gasteiger charge is -2.31. The number of nitrogens with zero attached hydrogens (tertiary/aromatic N) is 2. The van der Waals surface area contributed by atoms with Crippen LogP contribution >= 0.6 is 0 Å². The lowest BCUT2D eigenvalue weighted by Crippen LogP contribution is -2.34. The standard InChI is InChI=1S/C13H24N2O3/c1-7-18-13(4,5)12(16)11-10(17-6)8-14-15(11)9(2)3/h8-9,12,16H,7H2,1-6H3. The molecule has 0 spiro atoms.